The number of imidazole rings is 1. The molecule has 2 aromatic rings. The van der Waals surface area contributed by atoms with E-state index in [1.807, 2.05) is 41.8 Å². The van der Waals surface area contributed by atoms with Gasteiger partial charge < -0.3 is 9.30 Å². The number of hydrogen-bond donors (Lipinski definition) is 0. The molecule has 20 heavy (non-hydrogen) atoms. The summed E-state index contributed by atoms with van der Waals surface area (Å²) in [5, 5.41) is 0. The molecule has 2 rings (SSSR count). The van der Waals surface area contributed by atoms with Gasteiger partial charge in [0.2, 0.25) is 5.78 Å². The molecule has 0 N–H and O–H groups in total. The van der Waals surface area contributed by atoms with Crippen LogP contribution in [0.3, 0.4) is 0 Å². The number of carbonyl (C=O) groups excluding carboxylic acids is 1. The molecule has 1 aromatic carbocycles. The summed E-state index contributed by atoms with van der Waals surface area (Å²) in [4.78, 5) is 16.1. The number of benzene rings is 1. The second kappa shape index (κ2) is 6.69. The molecular formula is C16H16N2O2. The van der Waals surface area contributed by atoms with Crippen molar-refractivity contribution in [2.24, 2.45) is 0 Å². The lowest BCUT2D eigenvalue weighted by atomic mass is 10.1. The summed E-state index contributed by atoms with van der Waals surface area (Å²) in [6, 6.07) is 9.98. The first-order valence-corrected chi connectivity index (χ1v) is 6.35. The summed E-state index contributed by atoms with van der Waals surface area (Å²) in [7, 11) is 0. The van der Waals surface area contributed by atoms with Crippen molar-refractivity contribution in [3.05, 3.63) is 54.1 Å². The van der Waals surface area contributed by atoms with Crippen LogP contribution in [0, 0.1) is 12.3 Å². The molecule has 0 saturated heterocycles. The van der Waals surface area contributed by atoms with E-state index < -0.39 is 0 Å². The molecule has 0 unspecified atom stereocenters. The van der Waals surface area contributed by atoms with Gasteiger partial charge in [-0.3, -0.25) is 4.79 Å². The van der Waals surface area contributed by atoms with E-state index in [-0.39, 0.29) is 25.0 Å². The molecule has 1 aromatic heterocycles. The minimum Gasteiger partial charge on any atom is -0.361 e. The highest BCUT2D eigenvalue weighted by molar-refractivity contribution is 5.95. The summed E-state index contributed by atoms with van der Waals surface area (Å²) in [6.07, 6.45) is 8.30. The van der Waals surface area contributed by atoms with E-state index in [0.717, 1.165) is 5.56 Å². The van der Waals surface area contributed by atoms with Gasteiger partial charge in [0.25, 0.3) is 0 Å². The van der Waals surface area contributed by atoms with Crippen molar-refractivity contribution in [2.75, 3.05) is 13.2 Å². The number of ether oxygens (including phenoxy) is 1. The standard InChI is InChI=1S/C16H16N2O2/c1-3-9-20-11-16(19)15-10-17-12-18(15)13(2)14-7-5-4-6-8-14/h1,4-8,10,12-13H,9,11H2,2H3/t13-/m1/s1. The number of carbonyl (C=O) groups is 1. The molecule has 0 amide bonds. The van der Waals surface area contributed by atoms with Crippen LogP contribution in [0.4, 0.5) is 0 Å². The highest BCUT2D eigenvalue weighted by Crippen LogP contribution is 2.19. The molecule has 1 atom stereocenters. The Morgan fingerprint density at radius 1 is 1.45 bits per heavy atom. The highest BCUT2D eigenvalue weighted by atomic mass is 16.5. The van der Waals surface area contributed by atoms with Crippen molar-refractivity contribution in [1.29, 1.82) is 0 Å². The molecule has 102 valence electrons. The van der Waals surface area contributed by atoms with Gasteiger partial charge in [0.15, 0.2) is 0 Å². The molecule has 4 nitrogen and oxygen atoms in total. The summed E-state index contributed by atoms with van der Waals surface area (Å²) in [5.41, 5.74) is 1.64. The summed E-state index contributed by atoms with van der Waals surface area (Å²) >= 11 is 0. The Morgan fingerprint density at radius 2 is 2.20 bits per heavy atom. The molecule has 0 spiro atoms. The van der Waals surface area contributed by atoms with Crippen molar-refractivity contribution < 1.29 is 9.53 Å². The van der Waals surface area contributed by atoms with Crippen molar-refractivity contribution in [3.8, 4) is 12.3 Å². The number of ketones is 1. The third kappa shape index (κ3) is 3.14. The third-order valence-electron chi connectivity index (χ3n) is 3.07. The van der Waals surface area contributed by atoms with Crippen LogP contribution >= 0.6 is 0 Å². The Labute approximate surface area is 118 Å². The first kappa shape index (κ1) is 14.0. The molecule has 4 heteroatoms. The van der Waals surface area contributed by atoms with Gasteiger partial charge >= 0.3 is 0 Å². The maximum absolute atomic E-state index is 12.1. The smallest absolute Gasteiger partial charge is 0.206 e. The van der Waals surface area contributed by atoms with Crippen molar-refractivity contribution in [1.82, 2.24) is 9.55 Å². The summed E-state index contributed by atoms with van der Waals surface area (Å²) < 4.78 is 6.93. The number of Topliss-reactive ketones (excluding diaryl/α,β-unsaturated/α-hetero) is 1. The Kier molecular flexibility index (Phi) is 4.70. The van der Waals surface area contributed by atoms with Gasteiger partial charge in [-0.15, -0.1) is 6.42 Å². The molecule has 0 fully saturated rings. The quantitative estimate of drug-likeness (QED) is 0.459. The fourth-order valence-corrected chi connectivity index (χ4v) is 2.00. The van der Waals surface area contributed by atoms with E-state index in [1.165, 1.54) is 0 Å². The number of terminal acetylenes is 1. The van der Waals surface area contributed by atoms with Gasteiger partial charge in [0.05, 0.1) is 18.6 Å². The van der Waals surface area contributed by atoms with Crippen LogP contribution < -0.4 is 0 Å². The van der Waals surface area contributed by atoms with Crippen LogP contribution in [0.15, 0.2) is 42.9 Å². The highest BCUT2D eigenvalue weighted by Gasteiger charge is 2.16. The van der Waals surface area contributed by atoms with Gasteiger partial charge in [0, 0.05) is 0 Å². The summed E-state index contributed by atoms with van der Waals surface area (Å²) in [5.74, 6) is 2.21. The summed E-state index contributed by atoms with van der Waals surface area (Å²) in [6.45, 7) is 2.13. The van der Waals surface area contributed by atoms with Crippen LogP contribution in [0.2, 0.25) is 0 Å². The number of aromatic nitrogens is 2. The second-order valence-electron chi connectivity index (χ2n) is 4.39. The first-order chi connectivity index (χ1) is 9.74. The normalized spacial score (nSPS) is 11.8. The lowest BCUT2D eigenvalue weighted by Gasteiger charge is -2.16. The van der Waals surface area contributed by atoms with Crippen molar-refractivity contribution in [2.45, 2.75) is 13.0 Å². The Balaban J connectivity index is 2.16. The van der Waals surface area contributed by atoms with Crippen LogP contribution in [0.25, 0.3) is 0 Å². The minimum absolute atomic E-state index is 0.0304. The van der Waals surface area contributed by atoms with E-state index >= 15 is 0 Å². The average Bonchev–Trinajstić information content (AvgIpc) is 2.97. The predicted octanol–water partition coefficient (Wildman–Crippen LogP) is 2.32. The van der Waals surface area contributed by atoms with Gasteiger partial charge in [-0.05, 0) is 12.5 Å². The van der Waals surface area contributed by atoms with Gasteiger partial charge in [-0.25, -0.2) is 4.98 Å². The zero-order valence-corrected chi connectivity index (χ0v) is 11.3. The predicted molar refractivity (Wildman–Crippen MR) is 76.5 cm³/mol. The molecule has 1 heterocycles. The van der Waals surface area contributed by atoms with Crippen LogP contribution in [-0.4, -0.2) is 28.5 Å². The molecule has 0 bridgehead atoms. The number of rotatable bonds is 6. The van der Waals surface area contributed by atoms with E-state index in [1.54, 1.807) is 12.5 Å². The first-order valence-electron chi connectivity index (χ1n) is 6.35. The molecule has 0 saturated carbocycles. The SMILES string of the molecule is C#CCOCC(=O)c1cncn1[C@H](C)c1ccccc1. The maximum Gasteiger partial charge on any atom is 0.206 e. The zero-order valence-electron chi connectivity index (χ0n) is 11.3. The molecule has 0 aliphatic heterocycles. The Morgan fingerprint density at radius 3 is 2.90 bits per heavy atom. The molecular weight excluding hydrogens is 252 g/mol. The molecule has 0 radical (unpaired) electrons. The van der Waals surface area contributed by atoms with Crippen molar-refractivity contribution >= 4 is 5.78 Å². The maximum atomic E-state index is 12.1. The van der Waals surface area contributed by atoms with Crippen LogP contribution in [0.1, 0.15) is 29.0 Å². The fourth-order valence-electron chi connectivity index (χ4n) is 2.00. The van der Waals surface area contributed by atoms with Crippen LogP contribution in [0.5, 0.6) is 0 Å². The van der Waals surface area contributed by atoms with E-state index in [9.17, 15) is 4.79 Å². The molecule has 0 aliphatic rings. The van der Waals surface area contributed by atoms with E-state index in [2.05, 4.69) is 10.9 Å². The minimum atomic E-state index is -0.125. The van der Waals surface area contributed by atoms with Gasteiger partial charge in [0.1, 0.15) is 18.9 Å². The van der Waals surface area contributed by atoms with E-state index in [4.69, 9.17) is 11.2 Å². The second-order valence-corrected chi connectivity index (χ2v) is 4.39. The Hall–Kier alpha value is -2.38. The Bertz CT molecular complexity index is 611. The van der Waals surface area contributed by atoms with Gasteiger partial charge in [-0.1, -0.05) is 36.3 Å². The monoisotopic (exact) mass is 268 g/mol. The topological polar surface area (TPSA) is 44.1 Å². The lowest BCUT2D eigenvalue weighted by Crippen LogP contribution is -2.17. The largest absolute Gasteiger partial charge is 0.361 e. The van der Waals surface area contributed by atoms with Crippen molar-refractivity contribution in [3.63, 3.8) is 0 Å². The number of nitrogens with zero attached hydrogens (tertiary/aromatic N) is 2. The van der Waals surface area contributed by atoms with Gasteiger partial charge in [-0.2, -0.15) is 0 Å². The van der Waals surface area contributed by atoms with E-state index in [0.29, 0.717) is 5.69 Å². The fraction of sp³-hybridized carbons (Fsp3) is 0.250. The number of hydrogen-bond acceptors (Lipinski definition) is 3. The molecule has 0 aliphatic carbocycles. The average molecular weight is 268 g/mol. The lowest BCUT2D eigenvalue weighted by molar-refractivity contribution is 0.0802. The van der Waals surface area contributed by atoms with Crippen LogP contribution in [-0.2, 0) is 4.74 Å². The third-order valence-corrected chi connectivity index (χ3v) is 3.07. The zero-order chi connectivity index (χ0) is 14.4.